The molecule has 2 heterocycles. The highest BCUT2D eigenvalue weighted by molar-refractivity contribution is 5.82. The molecule has 2 aromatic rings. The second-order valence-electron chi connectivity index (χ2n) is 8.98. The Balaban J connectivity index is 1.51. The van der Waals surface area contributed by atoms with E-state index in [0.29, 0.717) is 19.6 Å². The van der Waals surface area contributed by atoms with Gasteiger partial charge in [-0.15, -0.1) is 0 Å². The fraction of sp³-hybridized carbons (Fsp3) is 0.458. The Hall–Kier alpha value is -2.89. The Bertz CT molecular complexity index is 992. The number of carbonyl (C=O) groups is 1. The smallest absolute Gasteiger partial charge is 0.223 e. The summed E-state index contributed by atoms with van der Waals surface area (Å²) in [5, 5.41) is 11.3. The molecule has 3 aliphatic rings. The maximum Gasteiger partial charge on any atom is 0.223 e. The third-order valence-electron chi connectivity index (χ3n) is 7.43. The number of rotatable bonds is 5. The van der Waals surface area contributed by atoms with Crippen LogP contribution < -0.4 is 4.74 Å². The number of carbonyl (C=O) groups excluding carboxylic acids is 1. The lowest BCUT2D eigenvalue weighted by atomic mass is 9.74. The topological polar surface area (TPSA) is 72.7 Å². The molecular formula is C24H26N2O4. The first kappa shape index (κ1) is 19.1. The van der Waals surface area contributed by atoms with Gasteiger partial charge in [0.2, 0.25) is 12.5 Å². The van der Waals surface area contributed by atoms with Crippen LogP contribution in [-0.4, -0.2) is 28.8 Å². The molecule has 0 bridgehead atoms. The molecule has 0 radical (unpaired) electrons. The second-order valence-corrected chi connectivity index (χ2v) is 8.98. The summed E-state index contributed by atoms with van der Waals surface area (Å²) in [5.74, 6) is 1.05. The Kier molecular flexibility index (Phi) is 4.53. The lowest BCUT2D eigenvalue weighted by Gasteiger charge is -2.44. The number of nitrogens with zero attached hydrogens (tertiary/aromatic N) is 2. The SMILES string of the molecule is C[C@H]1CC23c4cc(OCc5ccccc5)ccc4CCN2C(=O)C[C@H]3[C@@H]1C[N+](=O)[O-]. The van der Waals surface area contributed by atoms with E-state index in [1.54, 1.807) is 0 Å². The van der Waals surface area contributed by atoms with Crippen LogP contribution in [0.4, 0.5) is 0 Å². The van der Waals surface area contributed by atoms with Crippen LogP contribution in [0.25, 0.3) is 0 Å². The summed E-state index contributed by atoms with van der Waals surface area (Å²) in [6.07, 6.45) is 2.03. The lowest BCUT2D eigenvalue weighted by Crippen LogP contribution is -2.49. The lowest BCUT2D eigenvalue weighted by molar-refractivity contribution is -0.491. The minimum atomic E-state index is -0.420. The summed E-state index contributed by atoms with van der Waals surface area (Å²) in [4.78, 5) is 26.0. The number of amides is 1. The van der Waals surface area contributed by atoms with Crippen LogP contribution in [0.3, 0.4) is 0 Å². The average Bonchev–Trinajstić information content (AvgIpc) is 3.16. The van der Waals surface area contributed by atoms with Gasteiger partial charge in [-0.1, -0.05) is 43.3 Å². The van der Waals surface area contributed by atoms with E-state index in [4.69, 9.17) is 4.74 Å². The summed E-state index contributed by atoms with van der Waals surface area (Å²) in [5.41, 5.74) is 3.07. The number of fused-ring (bicyclic) bond motifs is 1. The molecule has 1 spiro atoms. The third kappa shape index (κ3) is 2.89. The molecule has 6 heteroatoms. The molecule has 6 nitrogen and oxygen atoms in total. The van der Waals surface area contributed by atoms with E-state index in [2.05, 4.69) is 19.1 Å². The molecule has 5 rings (SSSR count). The van der Waals surface area contributed by atoms with Crippen LogP contribution in [0.15, 0.2) is 48.5 Å². The predicted octanol–water partition coefficient (Wildman–Crippen LogP) is 3.80. The van der Waals surface area contributed by atoms with Gasteiger partial charge in [0.15, 0.2) is 0 Å². The van der Waals surface area contributed by atoms with E-state index in [-0.39, 0.29) is 35.1 Å². The molecule has 1 saturated carbocycles. The van der Waals surface area contributed by atoms with Crippen LogP contribution >= 0.6 is 0 Å². The first-order chi connectivity index (χ1) is 14.5. The van der Waals surface area contributed by atoms with Gasteiger partial charge in [0, 0.05) is 29.7 Å². The normalized spacial score (nSPS) is 29.3. The number of ether oxygens (including phenoxy) is 1. The highest BCUT2D eigenvalue weighted by Gasteiger charge is 2.64. The van der Waals surface area contributed by atoms with Crippen molar-refractivity contribution in [2.75, 3.05) is 13.1 Å². The van der Waals surface area contributed by atoms with E-state index < -0.39 is 5.54 Å². The van der Waals surface area contributed by atoms with Gasteiger partial charge in [-0.05, 0) is 47.6 Å². The molecular weight excluding hydrogens is 380 g/mol. The molecule has 0 N–H and O–H groups in total. The van der Waals surface area contributed by atoms with E-state index in [9.17, 15) is 14.9 Å². The van der Waals surface area contributed by atoms with Crippen LogP contribution in [0, 0.1) is 27.9 Å². The van der Waals surface area contributed by atoms with Crippen LogP contribution in [-0.2, 0) is 23.4 Å². The van der Waals surface area contributed by atoms with Gasteiger partial charge in [-0.25, -0.2) is 0 Å². The summed E-state index contributed by atoms with van der Waals surface area (Å²) in [7, 11) is 0. The Morgan fingerprint density at radius 3 is 2.80 bits per heavy atom. The van der Waals surface area contributed by atoms with Gasteiger partial charge >= 0.3 is 0 Å². The van der Waals surface area contributed by atoms with Crippen molar-refractivity contribution in [2.45, 2.75) is 38.3 Å². The van der Waals surface area contributed by atoms with E-state index in [0.717, 1.165) is 29.7 Å². The minimum Gasteiger partial charge on any atom is -0.489 e. The largest absolute Gasteiger partial charge is 0.489 e. The maximum absolute atomic E-state index is 12.9. The summed E-state index contributed by atoms with van der Waals surface area (Å²) in [6, 6.07) is 16.3. The first-order valence-corrected chi connectivity index (χ1v) is 10.7. The Morgan fingerprint density at radius 1 is 1.23 bits per heavy atom. The molecule has 4 atom stereocenters. The summed E-state index contributed by atoms with van der Waals surface area (Å²) < 4.78 is 6.09. The van der Waals surface area contributed by atoms with Crippen molar-refractivity contribution in [3.63, 3.8) is 0 Å². The van der Waals surface area contributed by atoms with Gasteiger partial charge in [-0.3, -0.25) is 14.9 Å². The minimum absolute atomic E-state index is 0.00572. The van der Waals surface area contributed by atoms with Crippen LogP contribution in [0.1, 0.15) is 36.5 Å². The summed E-state index contributed by atoms with van der Waals surface area (Å²) >= 11 is 0. The monoisotopic (exact) mass is 406 g/mol. The quantitative estimate of drug-likeness (QED) is 0.559. The van der Waals surface area contributed by atoms with Crippen molar-refractivity contribution >= 4 is 5.91 Å². The highest BCUT2D eigenvalue weighted by atomic mass is 16.6. The molecule has 156 valence electrons. The number of nitro groups is 1. The van der Waals surface area contributed by atoms with E-state index in [1.807, 2.05) is 41.3 Å². The molecule has 2 aliphatic heterocycles. The number of hydrogen-bond acceptors (Lipinski definition) is 4. The molecule has 2 aromatic carbocycles. The fourth-order valence-electron chi connectivity index (χ4n) is 6.19. The average molecular weight is 406 g/mol. The van der Waals surface area contributed by atoms with E-state index >= 15 is 0 Å². The first-order valence-electron chi connectivity index (χ1n) is 10.7. The van der Waals surface area contributed by atoms with Gasteiger partial charge in [0.25, 0.3) is 0 Å². The predicted molar refractivity (Wildman–Crippen MR) is 112 cm³/mol. The van der Waals surface area contributed by atoms with Crippen molar-refractivity contribution in [1.82, 2.24) is 4.90 Å². The Morgan fingerprint density at radius 2 is 2.03 bits per heavy atom. The van der Waals surface area contributed by atoms with Crippen molar-refractivity contribution in [3.8, 4) is 5.75 Å². The fourth-order valence-corrected chi connectivity index (χ4v) is 6.19. The Labute approximate surface area is 176 Å². The maximum atomic E-state index is 12.9. The molecule has 0 aromatic heterocycles. The molecule has 30 heavy (non-hydrogen) atoms. The third-order valence-corrected chi connectivity index (χ3v) is 7.43. The van der Waals surface area contributed by atoms with Crippen LogP contribution in [0.5, 0.6) is 5.75 Å². The zero-order chi connectivity index (χ0) is 20.9. The molecule has 1 aliphatic carbocycles. The number of hydrogen-bond donors (Lipinski definition) is 0. The molecule has 1 amide bonds. The van der Waals surface area contributed by atoms with Crippen molar-refractivity contribution < 1.29 is 14.5 Å². The van der Waals surface area contributed by atoms with Gasteiger partial charge < -0.3 is 9.64 Å². The standard InChI is InChI=1S/C24H26N2O4/c1-16-13-24-21-11-19(30-15-17-5-3-2-4-6-17)8-7-18(21)9-10-25(24)23(27)12-22(24)20(16)14-26(28)29/h2-8,11,16,20,22H,9-10,12-15H2,1H3/t16-,20+,22-,24?/m0/s1. The van der Waals surface area contributed by atoms with Crippen molar-refractivity contribution in [1.29, 1.82) is 0 Å². The summed E-state index contributed by atoms with van der Waals surface area (Å²) in [6.45, 7) is 3.23. The zero-order valence-electron chi connectivity index (χ0n) is 17.1. The molecule has 1 unspecified atom stereocenters. The second kappa shape index (κ2) is 7.11. The number of benzene rings is 2. The van der Waals surface area contributed by atoms with Crippen molar-refractivity contribution in [3.05, 3.63) is 75.3 Å². The molecule has 1 saturated heterocycles. The zero-order valence-corrected chi connectivity index (χ0v) is 17.1. The van der Waals surface area contributed by atoms with Crippen molar-refractivity contribution in [2.24, 2.45) is 17.8 Å². The van der Waals surface area contributed by atoms with Gasteiger partial charge in [-0.2, -0.15) is 0 Å². The highest BCUT2D eigenvalue weighted by Crippen LogP contribution is 2.61. The van der Waals surface area contributed by atoms with Crippen LogP contribution in [0.2, 0.25) is 0 Å². The van der Waals surface area contributed by atoms with Gasteiger partial charge in [0.05, 0.1) is 5.54 Å². The van der Waals surface area contributed by atoms with Gasteiger partial charge in [0.1, 0.15) is 12.4 Å². The van der Waals surface area contributed by atoms with E-state index in [1.165, 1.54) is 5.56 Å². The molecule has 2 fully saturated rings.